The van der Waals surface area contributed by atoms with Crippen molar-refractivity contribution in [3.63, 3.8) is 0 Å². The molecule has 4 aromatic rings. The summed E-state index contributed by atoms with van der Waals surface area (Å²) in [5.74, 6) is 0.177. The van der Waals surface area contributed by atoms with Gasteiger partial charge in [0.15, 0.2) is 0 Å². The number of amides is 1. The number of hydrogen-bond donors (Lipinski definition) is 1. The van der Waals surface area contributed by atoms with Gasteiger partial charge in [0.1, 0.15) is 9.84 Å². The monoisotopic (exact) mass is 465 g/mol. The molecule has 0 bridgehead atoms. The summed E-state index contributed by atoms with van der Waals surface area (Å²) in [4.78, 5) is 31.6. The summed E-state index contributed by atoms with van der Waals surface area (Å²) in [5, 5.41) is 13.4. The van der Waals surface area contributed by atoms with E-state index in [-0.39, 0.29) is 11.5 Å². The summed E-state index contributed by atoms with van der Waals surface area (Å²) in [5.41, 5.74) is 1.54. The molecule has 3 aromatic heterocycles. The molecule has 1 saturated carbocycles. The maximum absolute atomic E-state index is 13.1. The first-order valence-corrected chi connectivity index (χ1v) is 12.4. The number of fused-ring (bicyclic) bond motifs is 1. The Kier molecular flexibility index (Phi) is 5.84. The van der Waals surface area contributed by atoms with Crippen molar-refractivity contribution >= 4 is 43.9 Å². The van der Waals surface area contributed by atoms with E-state index in [9.17, 15) is 9.59 Å². The number of aryl methyl sites for hydroxylation is 1. The van der Waals surface area contributed by atoms with E-state index in [1.54, 1.807) is 17.8 Å². The number of thiophene rings is 1. The van der Waals surface area contributed by atoms with Crippen LogP contribution in [0.25, 0.3) is 10.2 Å². The fraction of sp³-hybridized carbons (Fsp3) is 0.348. The normalized spacial score (nSPS) is 14.7. The van der Waals surface area contributed by atoms with E-state index in [2.05, 4.69) is 20.5 Å². The molecule has 1 N–H and O–H groups in total. The lowest BCUT2D eigenvalue weighted by Gasteiger charge is -2.18. The smallest absolute Gasteiger partial charge is 0.267 e. The van der Waals surface area contributed by atoms with Crippen LogP contribution in [0.4, 0.5) is 5.13 Å². The highest BCUT2D eigenvalue weighted by atomic mass is 32.1. The Morgan fingerprint density at radius 1 is 1.12 bits per heavy atom. The van der Waals surface area contributed by atoms with E-state index in [1.807, 2.05) is 30.3 Å². The molecule has 0 radical (unpaired) electrons. The summed E-state index contributed by atoms with van der Waals surface area (Å²) in [6.07, 6.45) is 7.56. The van der Waals surface area contributed by atoms with Crippen molar-refractivity contribution in [2.45, 2.75) is 51.5 Å². The second-order valence-corrected chi connectivity index (χ2v) is 10.1. The molecule has 7 nitrogen and oxygen atoms in total. The number of rotatable bonds is 5. The maximum atomic E-state index is 13.1. The summed E-state index contributed by atoms with van der Waals surface area (Å²) >= 11 is 2.69. The average molecular weight is 466 g/mol. The molecule has 164 valence electrons. The molecule has 0 spiro atoms. The van der Waals surface area contributed by atoms with Gasteiger partial charge in [0, 0.05) is 5.92 Å². The Morgan fingerprint density at radius 2 is 1.91 bits per heavy atom. The van der Waals surface area contributed by atoms with E-state index in [0.29, 0.717) is 38.3 Å². The van der Waals surface area contributed by atoms with Gasteiger partial charge in [-0.25, -0.2) is 4.98 Å². The third-order valence-electron chi connectivity index (χ3n) is 5.93. The molecule has 1 aliphatic carbocycles. The third kappa shape index (κ3) is 4.10. The number of anilines is 1. The van der Waals surface area contributed by atoms with Crippen LogP contribution in [0.3, 0.4) is 0 Å². The number of hydrogen-bond acceptors (Lipinski definition) is 7. The first-order valence-electron chi connectivity index (χ1n) is 10.8. The maximum Gasteiger partial charge on any atom is 0.267 e. The van der Waals surface area contributed by atoms with E-state index in [1.165, 1.54) is 41.9 Å². The van der Waals surface area contributed by atoms with Gasteiger partial charge in [0.05, 0.1) is 23.1 Å². The molecular weight excluding hydrogens is 442 g/mol. The van der Waals surface area contributed by atoms with Crippen molar-refractivity contribution < 1.29 is 4.79 Å². The Bertz CT molecular complexity index is 1320. The van der Waals surface area contributed by atoms with Crippen LogP contribution >= 0.6 is 22.7 Å². The highest BCUT2D eigenvalue weighted by Crippen LogP contribution is 2.35. The highest BCUT2D eigenvalue weighted by molar-refractivity contribution is 7.21. The number of carbonyl (C=O) groups excluding carboxylic acids is 1. The van der Waals surface area contributed by atoms with Crippen LogP contribution in [0.2, 0.25) is 0 Å². The molecule has 1 amide bonds. The third-order valence-corrected chi connectivity index (χ3v) is 8.13. The Hall–Kier alpha value is -2.91. The predicted octanol–water partition coefficient (Wildman–Crippen LogP) is 4.97. The summed E-state index contributed by atoms with van der Waals surface area (Å²) in [7, 11) is 0. The van der Waals surface area contributed by atoms with Crippen LogP contribution < -0.4 is 10.9 Å². The molecule has 1 aliphatic rings. The number of aromatic nitrogens is 4. The molecule has 3 heterocycles. The van der Waals surface area contributed by atoms with Gasteiger partial charge >= 0.3 is 0 Å². The molecule has 32 heavy (non-hydrogen) atoms. The topological polar surface area (TPSA) is 89.8 Å². The largest absolute Gasteiger partial charge is 0.296 e. The van der Waals surface area contributed by atoms with E-state index in [4.69, 9.17) is 0 Å². The lowest BCUT2D eigenvalue weighted by molar-refractivity contribution is 0.103. The van der Waals surface area contributed by atoms with E-state index >= 15 is 0 Å². The van der Waals surface area contributed by atoms with Gasteiger partial charge in [-0.3, -0.25) is 19.5 Å². The Labute approximate surface area is 193 Å². The van der Waals surface area contributed by atoms with Gasteiger partial charge < -0.3 is 0 Å². The van der Waals surface area contributed by atoms with Crippen LogP contribution in [0, 0.1) is 6.92 Å². The van der Waals surface area contributed by atoms with Crippen molar-refractivity contribution in [1.29, 1.82) is 0 Å². The lowest BCUT2D eigenvalue weighted by Crippen LogP contribution is -2.21. The average Bonchev–Trinajstić information content (AvgIpc) is 3.42. The summed E-state index contributed by atoms with van der Waals surface area (Å²) < 4.78 is 1.58. The van der Waals surface area contributed by atoms with Crippen LogP contribution in [0.15, 0.2) is 41.5 Å². The molecule has 0 unspecified atom stereocenters. The fourth-order valence-corrected chi connectivity index (χ4v) is 6.16. The van der Waals surface area contributed by atoms with E-state index in [0.717, 1.165) is 23.4 Å². The number of nitrogens with one attached hydrogen (secondary N) is 1. The zero-order valence-electron chi connectivity index (χ0n) is 17.7. The molecule has 9 heteroatoms. The predicted molar refractivity (Wildman–Crippen MR) is 128 cm³/mol. The van der Waals surface area contributed by atoms with Crippen molar-refractivity contribution in [3.8, 4) is 0 Å². The summed E-state index contributed by atoms with van der Waals surface area (Å²) in [6, 6.07) is 9.77. The minimum absolute atomic E-state index is 0.137. The zero-order chi connectivity index (χ0) is 22.1. The molecule has 5 rings (SSSR count). The zero-order valence-corrected chi connectivity index (χ0v) is 19.3. The van der Waals surface area contributed by atoms with Crippen LogP contribution in [0.1, 0.15) is 63.8 Å². The first kappa shape index (κ1) is 21.0. The SMILES string of the molecule is Cc1c(C(=O)Nc2nnc(C3CCCCC3)s2)sc2ncn(Cc3ccccc3)c(=O)c12. The van der Waals surface area contributed by atoms with Crippen molar-refractivity contribution in [2.24, 2.45) is 0 Å². The van der Waals surface area contributed by atoms with Gasteiger partial charge in [-0.1, -0.05) is 60.9 Å². The molecule has 1 fully saturated rings. The van der Waals surface area contributed by atoms with Crippen LogP contribution in [-0.4, -0.2) is 25.7 Å². The minimum atomic E-state index is -0.272. The number of nitrogens with zero attached hydrogens (tertiary/aromatic N) is 4. The standard InChI is InChI=1S/C23H23N5O2S2/c1-14-17-21(24-13-28(22(17)30)12-15-8-4-2-5-9-15)31-18(14)19(29)25-23-27-26-20(32-23)16-10-6-3-7-11-16/h2,4-5,8-9,13,16H,3,6-7,10-12H2,1H3,(H,25,27,29). The van der Waals surface area contributed by atoms with Gasteiger partial charge in [-0.2, -0.15) is 0 Å². The summed E-state index contributed by atoms with van der Waals surface area (Å²) in [6.45, 7) is 2.24. The molecule has 1 aromatic carbocycles. The van der Waals surface area contributed by atoms with Gasteiger partial charge in [-0.05, 0) is 30.9 Å². The molecular formula is C23H23N5O2S2. The lowest BCUT2D eigenvalue weighted by atomic mass is 9.90. The quantitative estimate of drug-likeness (QED) is 0.450. The fourth-order valence-electron chi connectivity index (χ4n) is 4.22. The van der Waals surface area contributed by atoms with Gasteiger partial charge in [0.2, 0.25) is 5.13 Å². The Morgan fingerprint density at radius 3 is 2.69 bits per heavy atom. The number of carbonyl (C=O) groups is 1. The van der Waals surface area contributed by atoms with Crippen molar-refractivity contribution in [1.82, 2.24) is 19.7 Å². The molecule has 0 saturated heterocycles. The molecule has 0 aliphatic heterocycles. The van der Waals surface area contributed by atoms with Crippen LogP contribution in [0.5, 0.6) is 0 Å². The van der Waals surface area contributed by atoms with Gasteiger partial charge in [0.25, 0.3) is 11.5 Å². The van der Waals surface area contributed by atoms with Crippen LogP contribution in [-0.2, 0) is 6.54 Å². The second-order valence-electron chi connectivity index (χ2n) is 8.13. The minimum Gasteiger partial charge on any atom is -0.296 e. The molecule has 0 atom stereocenters. The second kappa shape index (κ2) is 8.91. The van der Waals surface area contributed by atoms with Crippen molar-refractivity contribution in [3.05, 3.63) is 68.0 Å². The Balaban J connectivity index is 1.39. The number of benzene rings is 1. The first-order chi connectivity index (χ1) is 15.6. The van der Waals surface area contributed by atoms with Gasteiger partial charge in [-0.15, -0.1) is 21.5 Å². The van der Waals surface area contributed by atoms with Crippen molar-refractivity contribution in [2.75, 3.05) is 5.32 Å². The highest BCUT2D eigenvalue weighted by Gasteiger charge is 2.23. The van der Waals surface area contributed by atoms with E-state index < -0.39 is 0 Å².